The number of hydrogen-bond acceptors (Lipinski definition) is 1. The first-order valence-electron chi connectivity index (χ1n) is 1.88. The zero-order valence-electron chi connectivity index (χ0n) is 6.67. The smallest absolute Gasteiger partial charge is 0.0453 e. The van der Waals surface area contributed by atoms with Crippen LogP contribution in [0.4, 0.5) is 0 Å². The Morgan fingerprint density at radius 3 is 0.917 bits per heavy atom. The molecule has 0 aromatic carbocycles. The van der Waals surface area contributed by atoms with Gasteiger partial charge in [-0.3, -0.25) is 0 Å². The molecule has 2 radical (unpaired) electrons. The Balaban J connectivity index is -0.00000000381. The zero-order valence-corrected chi connectivity index (χ0v) is 9.46. The van der Waals surface area contributed by atoms with Gasteiger partial charge in [-0.1, -0.05) is 13.8 Å². The molecule has 0 heterocycles. The Hall–Kier alpha value is 0.929. The molecule has 0 aromatic rings. The van der Waals surface area contributed by atoms with Crippen LogP contribution in [0.1, 0.15) is 13.8 Å². The molecular weight excluding hydrogens is 246 g/mol. The van der Waals surface area contributed by atoms with Crippen LogP contribution in [0.2, 0.25) is 0 Å². The van der Waals surface area contributed by atoms with E-state index in [-0.39, 0.29) is 64.5 Å². The number of rotatable bonds is 1. The fourth-order valence-corrected chi connectivity index (χ4v) is 0. The van der Waals surface area contributed by atoms with Crippen LogP contribution in [0.3, 0.4) is 0 Å². The van der Waals surface area contributed by atoms with E-state index in [0.717, 1.165) is 0 Å². The standard InChI is InChI=1S/C4H10O.5O.2V/c1-4(2)3-5;;;;;;;/h4-5H,3H2,1-2H3;;;;;;;/q;5*-2;;. The fourth-order valence-electron chi connectivity index (χ4n) is 0. The minimum atomic E-state index is 0. The van der Waals surface area contributed by atoms with Gasteiger partial charge < -0.3 is 32.5 Å². The Morgan fingerprint density at radius 2 is 0.917 bits per heavy atom. The van der Waals surface area contributed by atoms with Gasteiger partial charge in [0.15, 0.2) is 0 Å². The first kappa shape index (κ1) is 75.7. The van der Waals surface area contributed by atoms with Gasteiger partial charge in [0.25, 0.3) is 0 Å². The van der Waals surface area contributed by atoms with Gasteiger partial charge in [-0.05, 0) is 5.92 Å². The second kappa shape index (κ2) is 58.6. The fraction of sp³-hybridized carbons (Fsp3) is 1.00. The molecule has 82 valence electrons. The molecule has 0 saturated carbocycles. The van der Waals surface area contributed by atoms with Gasteiger partial charge in [0.2, 0.25) is 0 Å². The van der Waals surface area contributed by atoms with E-state index in [0.29, 0.717) is 12.5 Å². The third kappa shape index (κ3) is 126. The van der Waals surface area contributed by atoms with Crippen molar-refractivity contribution in [2.24, 2.45) is 5.92 Å². The second-order valence-corrected chi connectivity index (χ2v) is 1.58. The van der Waals surface area contributed by atoms with Crippen molar-refractivity contribution in [3.05, 3.63) is 0 Å². The quantitative estimate of drug-likeness (QED) is 0.688. The maximum Gasteiger partial charge on any atom is 0.0453 e. The predicted molar refractivity (Wildman–Crippen MR) is 25.4 cm³/mol. The maximum absolute atomic E-state index is 8.14. The number of hydrogen-bond donors (Lipinski definition) is 1. The molecule has 0 bridgehead atoms. The van der Waals surface area contributed by atoms with E-state index in [2.05, 4.69) is 0 Å². The molecule has 0 fully saturated rings. The summed E-state index contributed by atoms with van der Waals surface area (Å²) in [5.74, 6) is 0.440. The molecule has 8 heteroatoms. The molecule has 0 rings (SSSR count). The number of aliphatic hydroxyl groups excluding tert-OH is 1. The van der Waals surface area contributed by atoms with Crippen LogP contribution in [0, 0.1) is 5.92 Å². The molecule has 0 amide bonds. The van der Waals surface area contributed by atoms with Crippen LogP contribution >= 0.6 is 0 Å². The average molecular weight is 256 g/mol. The van der Waals surface area contributed by atoms with Gasteiger partial charge >= 0.3 is 0 Å². The van der Waals surface area contributed by atoms with Gasteiger partial charge in [0, 0.05) is 43.7 Å². The molecule has 0 spiro atoms. The average Bonchev–Trinajstić information content (AvgIpc) is 1.38. The summed E-state index contributed by atoms with van der Waals surface area (Å²) >= 11 is 0. The van der Waals surface area contributed by atoms with Crippen LogP contribution in [0.15, 0.2) is 0 Å². The summed E-state index contributed by atoms with van der Waals surface area (Å²) in [7, 11) is 0. The van der Waals surface area contributed by atoms with Crippen molar-refractivity contribution < 1.29 is 69.6 Å². The van der Waals surface area contributed by atoms with Gasteiger partial charge in [-0.15, -0.1) is 0 Å². The molecular formula is C4H10O6V2-10. The van der Waals surface area contributed by atoms with Crippen molar-refractivity contribution in [1.29, 1.82) is 0 Å². The predicted octanol–water partition coefficient (Wildman–Crippen LogP) is 0.0357. The molecule has 12 heavy (non-hydrogen) atoms. The van der Waals surface area contributed by atoms with E-state index in [1.165, 1.54) is 0 Å². The van der Waals surface area contributed by atoms with Crippen LogP contribution in [0.25, 0.3) is 0 Å². The van der Waals surface area contributed by atoms with E-state index >= 15 is 0 Å². The first-order valence-corrected chi connectivity index (χ1v) is 1.88. The zero-order chi connectivity index (χ0) is 4.28. The molecule has 0 aliphatic carbocycles. The largest absolute Gasteiger partial charge is 2.00 e. The Bertz CT molecular complexity index is 31.5. The van der Waals surface area contributed by atoms with E-state index < -0.39 is 0 Å². The third-order valence-corrected chi connectivity index (χ3v) is 0.365. The van der Waals surface area contributed by atoms with Gasteiger partial charge in [-0.25, -0.2) is 0 Å². The van der Waals surface area contributed by atoms with Crippen molar-refractivity contribution in [3.8, 4) is 0 Å². The monoisotopic (exact) mass is 256 g/mol. The summed E-state index contributed by atoms with van der Waals surface area (Å²) < 4.78 is 0. The minimum Gasteiger partial charge on any atom is -2.00 e. The molecule has 0 atom stereocenters. The summed E-state index contributed by atoms with van der Waals surface area (Å²) in [6, 6.07) is 0. The van der Waals surface area contributed by atoms with Gasteiger partial charge in [0.05, 0.1) is 0 Å². The molecule has 0 saturated heterocycles. The molecule has 1 N–H and O–H groups in total. The molecule has 0 aromatic heterocycles. The summed E-state index contributed by atoms with van der Waals surface area (Å²) in [5, 5.41) is 8.14. The summed E-state index contributed by atoms with van der Waals surface area (Å²) in [5.41, 5.74) is 0. The molecule has 6 nitrogen and oxygen atoms in total. The van der Waals surface area contributed by atoms with Crippen molar-refractivity contribution in [2.45, 2.75) is 13.8 Å². The third-order valence-electron chi connectivity index (χ3n) is 0.365. The van der Waals surface area contributed by atoms with Crippen LogP contribution in [-0.4, -0.2) is 11.7 Å². The topological polar surface area (TPSA) is 163 Å². The van der Waals surface area contributed by atoms with E-state index in [4.69, 9.17) is 5.11 Å². The first-order chi connectivity index (χ1) is 2.27. The second-order valence-electron chi connectivity index (χ2n) is 1.58. The van der Waals surface area contributed by atoms with E-state index in [1.807, 2.05) is 13.8 Å². The summed E-state index contributed by atoms with van der Waals surface area (Å²) in [6.45, 7) is 4.25. The van der Waals surface area contributed by atoms with Crippen LogP contribution in [-0.2, 0) is 64.5 Å². The molecule has 0 aliphatic heterocycles. The maximum atomic E-state index is 8.14. The molecule has 0 unspecified atom stereocenters. The van der Waals surface area contributed by atoms with Crippen molar-refractivity contribution in [2.75, 3.05) is 6.61 Å². The van der Waals surface area contributed by atoms with Crippen molar-refractivity contribution in [3.63, 3.8) is 0 Å². The Morgan fingerprint density at radius 1 is 0.833 bits per heavy atom. The summed E-state index contributed by atoms with van der Waals surface area (Å²) in [6.07, 6.45) is 0. The van der Waals surface area contributed by atoms with E-state index in [1.54, 1.807) is 0 Å². The van der Waals surface area contributed by atoms with E-state index in [9.17, 15) is 0 Å². The molecule has 0 aliphatic rings. The van der Waals surface area contributed by atoms with Crippen LogP contribution < -0.4 is 0 Å². The van der Waals surface area contributed by atoms with Crippen molar-refractivity contribution >= 4 is 0 Å². The normalized spacial score (nSPS) is 4.00. The SMILES string of the molecule is CC(C)CO.[O-2].[O-2].[O-2].[O-2].[O-2].[V].[V]. The Kier molecular flexibility index (Phi) is 370. The van der Waals surface area contributed by atoms with Crippen molar-refractivity contribution in [1.82, 2.24) is 0 Å². The minimum absolute atomic E-state index is 0. The van der Waals surface area contributed by atoms with Gasteiger partial charge in [0.1, 0.15) is 0 Å². The number of aliphatic hydroxyl groups is 1. The summed E-state index contributed by atoms with van der Waals surface area (Å²) in [4.78, 5) is 0. The van der Waals surface area contributed by atoms with Gasteiger partial charge in [-0.2, -0.15) is 0 Å². The Labute approximate surface area is 96.0 Å². The van der Waals surface area contributed by atoms with Crippen LogP contribution in [0.5, 0.6) is 0 Å².